The van der Waals surface area contributed by atoms with Gasteiger partial charge in [0.05, 0.1) is 4.47 Å². The highest BCUT2D eigenvalue weighted by Crippen LogP contribution is 2.29. The van der Waals surface area contributed by atoms with Crippen molar-refractivity contribution in [1.29, 1.82) is 0 Å². The molecule has 0 aliphatic carbocycles. The summed E-state index contributed by atoms with van der Waals surface area (Å²) in [6, 6.07) is 3.72. The lowest BCUT2D eigenvalue weighted by Gasteiger charge is -2.14. The Kier molecular flexibility index (Phi) is 11.7. The third-order valence-electron chi connectivity index (χ3n) is 3.96. The highest BCUT2D eigenvalue weighted by atomic mass is 79.9. The summed E-state index contributed by atoms with van der Waals surface area (Å²) in [6.45, 7) is 0. The molecule has 0 spiro atoms. The van der Waals surface area contributed by atoms with E-state index in [9.17, 15) is 0 Å². The maximum atomic E-state index is 8.47. The number of anilines is 2. The van der Waals surface area contributed by atoms with Crippen LogP contribution in [0.2, 0.25) is 10.6 Å². The highest BCUT2D eigenvalue weighted by Gasteiger charge is 2.11. The van der Waals surface area contributed by atoms with Crippen molar-refractivity contribution >= 4 is 86.0 Å². The van der Waals surface area contributed by atoms with Crippen LogP contribution in [0.4, 0.5) is 11.6 Å². The Labute approximate surface area is 225 Å². The first kappa shape index (κ1) is 28.4. The van der Waals surface area contributed by atoms with Gasteiger partial charge in [-0.25, -0.2) is 9.97 Å². The van der Waals surface area contributed by atoms with Crippen LogP contribution in [0.15, 0.2) is 50.5 Å². The zero-order chi connectivity index (χ0) is 25.3. The topological polar surface area (TPSA) is 98.5 Å². The van der Waals surface area contributed by atoms with E-state index in [1.165, 1.54) is 11.3 Å². The van der Waals surface area contributed by atoms with Crippen LogP contribution in [0.25, 0.3) is 11.1 Å². The van der Waals surface area contributed by atoms with E-state index in [1.807, 2.05) is 49.4 Å². The molecule has 0 saturated heterocycles. The number of hydrogen-bond donors (Lipinski definition) is 2. The highest BCUT2D eigenvalue weighted by molar-refractivity contribution is 9.10. The molecule has 8 nitrogen and oxygen atoms in total. The van der Waals surface area contributed by atoms with Crippen LogP contribution in [-0.4, -0.2) is 65.3 Å². The third-order valence-corrected chi connectivity index (χ3v) is 6.26. The molecule has 4 aromatic heterocycles. The SMILES string of the molecule is CN(C)c1nc(Cl)ncc1-c1ccsc1.CN(C)c1nc(Cl)ncc1Br.OB(O)c1ccsc1. The summed E-state index contributed by atoms with van der Waals surface area (Å²) in [5.74, 6) is 1.62. The van der Waals surface area contributed by atoms with Gasteiger partial charge in [-0.3, -0.25) is 0 Å². The predicted octanol–water partition coefficient (Wildman–Crippen LogP) is 4.31. The minimum absolute atomic E-state index is 0.261. The lowest BCUT2D eigenvalue weighted by atomic mass is 9.83. The molecule has 0 atom stereocenters. The van der Waals surface area contributed by atoms with Crippen molar-refractivity contribution in [2.24, 2.45) is 0 Å². The normalized spacial score (nSPS) is 9.91. The second-order valence-electron chi connectivity index (χ2n) is 6.92. The monoisotopic (exact) mass is 602 g/mol. The number of hydrogen-bond acceptors (Lipinski definition) is 10. The largest absolute Gasteiger partial charge is 0.489 e. The number of halogens is 3. The van der Waals surface area contributed by atoms with Crippen molar-refractivity contribution in [2.75, 3.05) is 38.0 Å². The van der Waals surface area contributed by atoms with Crippen LogP contribution >= 0.6 is 61.8 Å². The van der Waals surface area contributed by atoms with Gasteiger partial charge in [-0.15, -0.1) is 0 Å². The van der Waals surface area contributed by atoms with Crippen LogP contribution in [0.1, 0.15) is 0 Å². The van der Waals surface area contributed by atoms with Crippen molar-refractivity contribution in [2.45, 2.75) is 0 Å². The lowest BCUT2D eigenvalue weighted by Crippen LogP contribution is -2.27. The maximum absolute atomic E-state index is 8.47. The summed E-state index contributed by atoms with van der Waals surface area (Å²) in [4.78, 5) is 19.8. The lowest BCUT2D eigenvalue weighted by molar-refractivity contribution is 0.426. The van der Waals surface area contributed by atoms with Crippen LogP contribution in [0.3, 0.4) is 0 Å². The molecule has 4 heterocycles. The van der Waals surface area contributed by atoms with Gasteiger partial charge in [0.25, 0.3) is 0 Å². The Bertz CT molecular complexity index is 1150. The summed E-state index contributed by atoms with van der Waals surface area (Å²) in [5, 5.41) is 25.1. The Balaban J connectivity index is 0.000000190. The first-order valence-electron chi connectivity index (χ1n) is 9.56. The number of rotatable bonds is 4. The molecule has 0 aliphatic rings. The molecule has 0 bridgehead atoms. The minimum Gasteiger partial charge on any atom is -0.423 e. The summed E-state index contributed by atoms with van der Waals surface area (Å²) in [6.07, 6.45) is 3.39. The first-order valence-corrected chi connectivity index (χ1v) is 13.0. The fourth-order valence-electron chi connectivity index (χ4n) is 2.39. The zero-order valence-electron chi connectivity index (χ0n) is 18.7. The Hall–Kier alpha value is -1.80. The molecule has 0 aromatic carbocycles. The molecular weight excluding hydrogens is 582 g/mol. The van der Waals surface area contributed by atoms with Gasteiger partial charge in [-0.1, -0.05) is 6.07 Å². The predicted molar refractivity (Wildman–Crippen MR) is 148 cm³/mol. The second-order valence-corrected chi connectivity index (χ2v) is 10.0. The van der Waals surface area contributed by atoms with Gasteiger partial charge in [0, 0.05) is 46.1 Å². The molecule has 0 unspecified atom stereocenters. The smallest absolute Gasteiger partial charge is 0.423 e. The van der Waals surface area contributed by atoms with Gasteiger partial charge in [-0.2, -0.15) is 32.6 Å². The molecule has 0 amide bonds. The molecule has 0 aliphatic heterocycles. The second kappa shape index (κ2) is 13.9. The summed E-state index contributed by atoms with van der Waals surface area (Å²) < 4.78 is 0.840. The Morgan fingerprint density at radius 3 is 1.85 bits per heavy atom. The molecule has 2 N–H and O–H groups in total. The van der Waals surface area contributed by atoms with Crippen LogP contribution in [0, 0.1) is 0 Å². The van der Waals surface area contributed by atoms with Gasteiger partial charge in [0.15, 0.2) is 0 Å². The van der Waals surface area contributed by atoms with Crippen molar-refractivity contribution in [1.82, 2.24) is 19.9 Å². The van der Waals surface area contributed by atoms with Crippen molar-refractivity contribution in [3.05, 3.63) is 61.1 Å². The third kappa shape index (κ3) is 8.77. The molecule has 4 aromatic rings. The van der Waals surface area contributed by atoms with Gasteiger partial charge in [0.1, 0.15) is 11.6 Å². The molecule has 0 radical (unpaired) electrons. The zero-order valence-corrected chi connectivity index (χ0v) is 23.5. The quantitative estimate of drug-likeness (QED) is 0.263. The number of nitrogens with zero attached hydrogens (tertiary/aromatic N) is 6. The van der Waals surface area contributed by atoms with E-state index in [0.717, 1.165) is 27.2 Å². The van der Waals surface area contributed by atoms with Crippen LogP contribution in [0.5, 0.6) is 0 Å². The molecule has 4 rings (SSSR count). The first-order chi connectivity index (χ1) is 16.1. The Morgan fingerprint density at radius 1 is 0.853 bits per heavy atom. The molecule has 34 heavy (non-hydrogen) atoms. The average molecular weight is 604 g/mol. The van der Waals surface area contributed by atoms with E-state index in [4.69, 9.17) is 33.2 Å². The van der Waals surface area contributed by atoms with Crippen molar-refractivity contribution in [3.8, 4) is 11.1 Å². The van der Waals surface area contributed by atoms with Gasteiger partial charge >= 0.3 is 7.12 Å². The number of thiophene rings is 2. The van der Waals surface area contributed by atoms with E-state index < -0.39 is 7.12 Å². The van der Waals surface area contributed by atoms with E-state index in [1.54, 1.807) is 40.6 Å². The van der Waals surface area contributed by atoms with E-state index in [2.05, 4.69) is 41.2 Å². The van der Waals surface area contributed by atoms with Crippen LogP contribution in [-0.2, 0) is 0 Å². The summed E-state index contributed by atoms with van der Waals surface area (Å²) in [7, 11) is 6.36. The fraction of sp³-hybridized carbons (Fsp3) is 0.200. The molecule has 0 fully saturated rings. The summed E-state index contributed by atoms with van der Waals surface area (Å²) in [5.41, 5.74) is 2.70. The average Bonchev–Trinajstić information content (AvgIpc) is 3.50. The molecule has 0 saturated carbocycles. The molecule has 180 valence electrons. The molecule has 14 heteroatoms. The van der Waals surface area contributed by atoms with Gasteiger partial charge < -0.3 is 19.8 Å². The van der Waals surface area contributed by atoms with Crippen LogP contribution < -0.4 is 15.3 Å². The molecular formula is C20H22BBrCl2N6O2S2. The Morgan fingerprint density at radius 2 is 1.41 bits per heavy atom. The number of aromatic nitrogens is 4. The van der Waals surface area contributed by atoms with Gasteiger partial charge in [0.2, 0.25) is 10.6 Å². The van der Waals surface area contributed by atoms with Gasteiger partial charge in [-0.05, 0) is 77.7 Å². The standard InChI is InChI=1S/C10H10ClN3S.C6H7BrClN3.C4H5BO2S/c1-14(2)9-8(5-12-10(11)13-9)7-3-4-15-6-7;1-11(2)5-4(7)3-9-6(8)10-5;6-5(7)4-1-2-8-3-4/h3-6H,1-2H3;3H,1-2H3;1-3,6-7H. The summed E-state index contributed by atoms with van der Waals surface area (Å²) >= 11 is 17.8. The van der Waals surface area contributed by atoms with Crippen molar-refractivity contribution in [3.63, 3.8) is 0 Å². The fourth-order valence-corrected chi connectivity index (χ4v) is 4.52. The van der Waals surface area contributed by atoms with E-state index in [-0.39, 0.29) is 10.6 Å². The maximum Gasteiger partial charge on any atom is 0.489 e. The van der Waals surface area contributed by atoms with Crippen molar-refractivity contribution < 1.29 is 10.0 Å². The van der Waals surface area contributed by atoms with E-state index >= 15 is 0 Å². The minimum atomic E-state index is -1.30. The van der Waals surface area contributed by atoms with E-state index in [0.29, 0.717) is 5.46 Å².